The van der Waals surface area contributed by atoms with E-state index in [0.29, 0.717) is 12.5 Å². The third-order valence-corrected chi connectivity index (χ3v) is 4.41. The molecule has 0 amide bonds. The molecular formula is C15H17N3OS. The minimum absolute atomic E-state index is 0.122. The van der Waals surface area contributed by atoms with Crippen LogP contribution in [0, 0.1) is 5.41 Å². The molecule has 0 radical (unpaired) electrons. The minimum Gasteiger partial charge on any atom is -0.494 e. The van der Waals surface area contributed by atoms with Crippen LogP contribution in [0.5, 0.6) is 5.75 Å². The summed E-state index contributed by atoms with van der Waals surface area (Å²) in [5.41, 5.74) is 7.70. The van der Waals surface area contributed by atoms with Gasteiger partial charge in [0.05, 0.1) is 17.2 Å². The van der Waals surface area contributed by atoms with Crippen LogP contribution in [0.25, 0.3) is 10.6 Å². The van der Waals surface area contributed by atoms with Crippen molar-refractivity contribution in [2.75, 3.05) is 6.61 Å². The molecule has 104 valence electrons. The van der Waals surface area contributed by atoms with E-state index >= 15 is 0 Å². The van der Waals surface area contributed by atoms with E-state index in [2.05, 4.69) is 0 Å². The normalized spacial score (nSPS) is 14.2. The number of aromatic nitrogens is 1. The molecule has 20 heavy (non-hydrogen) atoms. The van der Waals surface area contributed by atoms with Crippen LogP contribution < -0.4 is 10.5 Å². The first-order chi connectivity index (χ1) is 9.69. The number of nitrogens with zero attached hydrogens (tertiary/aromatic N) is 1. The van der Waals surface area contributed by atoms with Gasteiger partial charge < -0.3 is 10.5 Å². The predicted octanol–water partition coefficient (Wildman–Crippen LogP) is 3.37. The fourth-order valence-corrected chi connectivity index (χ4v) is 3.18. The van der Waals surface area contributed by atoms with E-state index in [0.717, 1.165) is 39.7 Å². The molecule has 1 saturated carbocycles. The van der Waals surface area contributed by atoms with E-state index in [-0.39, 0.29) is 5.84 Å². The summed E-state index contributed by atoms with van der Waals surface area (Å²) in [7, 11) is 0. The first-order valence-electron chi connectivity index (χ1n) is 6.77. The molecule has 1 fully saturated rings. The van der Waals surface area contributed by atoms with Crippen LogP contribution in [-0.2, 0) is 0 Å². The van der Waals surface area contributed by atoms with Crippen molar-refractivity contribution in [1.29, 1.82) is 5.41 Å². The molecule has 0 aliphatic heterocycles. The number of nitrogen functional groups attached to an aromatic ring is 1. The zero-order chi connectivity index (χ0) is 14.1. The van der Waals surface area contributed by atoms with Gasteiger partial charge in [0.15, 0.2) is 0 Å². The molecule has 5 heteroatoms. The second-order valence-electron chi connectivity index (χ2n) is 4.88. The number of benzene rings is 1. The Morgan fingerprint density at radius 1 is 1.50 bits per heavy atom. The second kappa shape index (κ2) is 5.25. The molecule has 0 unspecified atom stereocenters. The Bertz CT molecular complexity index is 646. The monoisotopic (exact) mass is 287 g/mol. The maximum Gasteiger partial charge on any atom is 0.135 e. The van der Waals surface area contributed by atoms with E-state index in [9.17, 15) is 0 Å². The van der Waals surface area contributed by atoms with Gasteiger partial charge in [-0.25, -0.2) is 4.98 Å². The Kier molecular flexibility index (Phi) is 3.44. The molecule has 4 nitrogen and oxygen atoms in total. The molecule has 3 rings (SSSR count). The molecule has 3 N–H and O–H groups in total. The van der Waals surface area contributed by atoms with E-state index in [1.807, 2.05) is 31.2 Å². The van der Waals surface area contributed by atoms with Crippen LogP contribution in [-0.4, -0.2) is 17.4 Å². The smallest absolute Gasteiger partial charge is 0.135 e. The summed E-state index contributed by atoms with van der Waals surface area (Å²) in [6, 6.07) is 7.91. The highest BCUT2D eigenvalue weighted by Gasteiger charge is 2.30. The molecule has 1 aliphatic carbocycles. The van der Waals surface area contributed by atoms with Gasteiger partial charge in [-0.3, -0.25) is 5.41 Å². The lowest BCUT2D eigenvalue weighted by Crippen LogP contribution is -2.11. The quantitative estimate of drug-likeness (QED) is 0.654. The lowest BCUT2D eigenvalue weighted by Gasteiger charge is -2.03. The largest absolute Gasteiger partial charge is 0.494 e. The summed E-state index contributed by atoms with van der Waals surface area (Å²) >= 11 is 1.50. The molecule has 1 aromatic carbocycles. The number of nitrogens with one attached hydrogen (secondary N) is 1. The second-order valence-corrected chi connectivity index (χ2v) is 5.88. The molecule has 0 bridgehead atoms. The zero-order valence-electron chi connectivity index (χ0n) is 11.3. The molecule has 0 atom stereocenters. The summed E-state index contributed by atoms with van der Waals surface area (Å²) in [5, 5.41) is 8.62. The number of hydrogen-bond donors (Lipinski definition) is 2. The summed E-state index contributed by atoms with van der Waals surface area (Å²) in [6.45, 7) is 2.61. The van der Waals surface area contributed by atoms with Crippen molar-refractivity contribution in [3.63, 3.8) is 0 Å². The Morgan fingerprint density at radius 3 is 2.95 bits per heavy atom. The van der Waals surface area contributed by atoms with Crippen molar-refractivity contribution in [2.45, 2.75) is 25.7 Å². The Hall–Kier alpha value is -1.88. The standard InChI is InChI=1S/C15H17N3OS/c1-2-19-11-5-3-4-10(8-11)15-18-12(9-6-7-9)13(20-15)14(16)17/h3-5,8-9H,2,6-7H2,1H3,(H3,16,17). The minimum atomic E-state index is 0.122. The van der Waals surface area contributed by atoms with Gasteiger partial charge in [-0.1, -0.05) is 12.1 Å². The van der Waals surface area contributed by atoms with Gasteiger partial charge >= 0.3 is 0 Å². The number of hydrogen-bond acceptors (Lipinski definition) is 4. The topological polar surface area (TPSA) is 72.0 Å². The Balaban J connectivity index is 1.99. The average Bonchev–Trinajstić information content (AvgIpc) is 3.18. The van der Waals surface area contributed by atoms with Gasteiger partial charge in [0, 0.05) is 11.5 Å². The molecule has 2 aromatic rings. The fourth-order valence-electron chi connectivity index (χ4n) is 2.17. The van der Waals surface area contributed by atoms with Crippen molar-refractivity contribution < 1.29 is 4.74 Å². The maximum atomic E-state index is 7.70. The first-order valence-corrected chi connectivity index (χ1v) is 7.59. The van der Waals surface area contributed by atoms with Crippen molar-refractivity contribution in [3.05, 3.63) is 34.8 Å². The number of rotatable bonds is 5. The lowest BCUT2D eigenvalue weighted by molar-refractivity contribution is 0.340. The molecule has 0 spiro atoms. The van der Waals surface area contributed by atoms with Gasteiger partial charge in [-0.15, -0.1) is 11.3 Å². The molecule has 1 heterocycles. The van der Waals surface area contributed by atoms with Crippen LogP contribution in [0.2, 0.25) is 0 Å². The molecule has 1 aromatic heterocycles. The van der Waals surface area contributed by atoms with Crippen molar-refractivity contribution in [3.8, 4) is 16.3 Å². The van der Waals surface area contributed by atoms with Crippen LogP contribution in [0.3, 0.4) is 0 Å². The van der Waals surface area contributed by atoms with Crippen LogP contribution in [0.1, 0.15) is 36.3 Å². The molecule has 0 saturated heterocycles. The van der Waals surface area contributed by atoms with Gasteiger partial charge in [0.2, 0.25) is 0 Å². The van der Waals surface area contributed by atoms with Gasteiger partial charge in [0.25, 0.3) is 0 Å². The summed E-state index contributed by atoms with van der Waals surface area (Å²) in [5.74, 6) is 1.46. The third-order valence-electron chi connectivity index (χ3n) is 3.25. The van der Waals surface area contributed by atoms with E-state index in [1.54, 1.807) is 0 Å². The number of nitrogens with two attached hydrogens (primary N) is 1. The van der Waals surface area contributed by atoms with Gasteiger partial charge in [0.1, 0.15) is 16.6 Å². The summed E-state index contributed by atoms with van der Waals surface area (Å²) < 4.78 is 5.52. The summed E-state index contributed by atoms with van der Waals surface area (Å²) in [4.78, 5) is 5.53. The number of thiazole rings is 1. The van der Waals surface area contributed by atoms with Crippen LogP contribution in [0.4, 0.5) is 0 Å². The zero-order valence-corrected chi connectivity index (χ0v) is 12.2. The van der Waals surface area contributed by atoms with Crippen LogP contribution in [0.15, 0.2) is 24.3 Å². The van der Waals surface area contributed by atoms with E-state index < -0.39 is 0 Å². The van der Waals surface area contributed by atoms with E-state index in [1.165, 1.54) is 11.3 Å². The maximum absolute atomic E-state index is 7.70. The fraction of sp³-hybridized carbons (Fsp3) is 0.333. The molecule has 1 aliphatic rings. The number of amidine groups is 1. The highest BCUT2D eigenvalue weighted by Crippen LogP contribution is 2.44. The lowest BCUT2D eigenvalue weighted by atomic mass is 10.2. The Morgan fingerprint density at radius 2 is 2.30 bits per heavy atom. The van der Waals surface area contributed by atoms with E-state index in [4.69, 9.17) is 20.9 Å². The van der Waals surface area contributed by atoms with Crippen molar-refractivity contribution in [1.82, 2.24) is 4.98 Å². The Labute approximate surface area is 122 Å². The predicted molar refractivity (Wildman–Crippen MR) is 81.7 cm³/mol. The number of ether oxygens (including phenoxy) is 1. The van der Waals surface area contributed by atoms with Crippen molar-refractivity contribution >= 4 is 17.2 Å². The highest BCUT2D eigenvalue weighted by atomic mass is 32.1. The average molecular weight is 287 g/mol. The first kappa shape index (κ1) is 13.1. The third kappa shape index (κ3) is 2.54. The summed E-state index contributed by atoms with van der Waals surface area (Å²) in [6.07, 6.45) is 2.31. The van der Waals surface area contributed by atoms with Crippen LogP contribution >= 0.6 is 11.3 Å². The van der Waals surface area contributed by atoms with Crippen molar-refractivity contribution in [2.24, 2.45) is 5.73 Å². The highest BCUT2D eigenvalue weighted by molar-refractivity contribution is 7.17. The SMILES string of the molecule is CCOc1cccc(-c2nc(C3CC3)c(C(=N)N)s2)c1. The molecular weight excluding hydrogens is 270 g/mol. The van der Waals surface area contributed by atoms with Gasteiger partial charge in [-0.2, -0.15) is 0 Å². The van der Waals surface area contributed by atoms with Gasteiger partial charge in [-0.05, 0) is 31.9 Å².